The van der Waals surface area contributed by atoms with Crippen LogP contribution in [-0.4, -0.2) is 54.5 Å². The lowest BCUT2D eigenvalue weighted by Gasteiger charge is -2.37. The second-order valence-electron chi connectivity index (χ2n) is 8.98. The van der Waals surface area contributed by atoms with Crippen molar-refractivity contribution >= 4 is 23.4 Å². The summed E-state index contributed by atoms with van der Waals surface area (Å²) < 4.78 is 20.4. The smallest absolute Gasteiger partial charge is 0.240 e. The van der Waals surface area contributed by atoms with Crippen LogP contribution in [0.25, 0.3) is 0 Å². The van der Waals surface area contributed by atoms with Crippen LogP contribution in [0.15, 0.2) is 18.2 Å². The van der Waals surface area contributed by atoms with Crippen molar-refractivity contribution in [1.29, 1.82) is 0 Å². The van der Waals surface area contributed by atoms with Crippen molar-refractivity contribution in [2.45, 2.75) is 58.3 Å². The number of rotatable bonds is 5. The Kier molecular flexibility index (Phi) is 6.27. The van der Waals surface area contributed by atoms with Gasteiger partial charge in [-0.2, -0.15) is 0 Å². The number of carbonyl (C=O) groups excluding carboxylic acids is 3. The average Bonchev–Trinajstić information content (AvgIpc) is 2.97. The van der Waals surface area contributed by atoms with Crippen LogP contribution in [-0.2, 0) is 25.7 Å². The van der Waals surface area contributed by atoms with E-state index in [1.54, 1.807) is 12.1 Å². The zero-order valence-corrected chi connectivity index (χ0v) is 18.1. The molecule has 4 atom stereocenters. The molecule has 168 valence electrons. The molecule has 3 aliphatic rings. The van der Waals surface area contributed by atoms with E-state index in [0.717, 1.165) is 30.6 Å². The van der Waals surface area contributed by atoms with Gasteiger partial charge >= 0.3 is 0 Å². The fourth-order valence-corrected chi connectivity index (χ4v) is 5.08. The Morgan fingerprint density at radius 2 is 1.71 bits per heavy atom. The first-order chi connectivity index (χ1) is 14.8. The lowest BCUT2D eigenvalue weighted by Crippen LogP contribution is -2.45. The molecule has 0 spiro atoms. The normalized spacial score (nSPS) is 28.6. The predicted octanol–water partition coefficient (Wildman–Crippen LogP) is 2.23. The number of hydrogen-bond acceptors (Lipinski definition) is 5. The van der Waals surface area contributed by atoms with E-state index >= 15 is 0 Å². The molecule has 0 bridgehead atoms. The van der Waals surface area contributed by atoms with Crippen LogP contribution in [0.2, 0.25) is 0 Å². The van der Waals surface area contributed by atoms with Gasteiger partial charge in [-0.25, -0.2) is 4.39 Å². The van der Waals surface area contributed by atoms with E-state index < -0.39 is 5.91 Å². The largest absolute Gasteiger partial charge is 0.372 e. The molecule has 0 radical (unpaired) electrons. The van der Waals surface area contributed by atoms with E-state index in [4.69, 9.17) is 4.74 Å². The Bertz CT molecular complexity index is 842. The number of imide groups is 1. The lowest BCUT2D eigenvalue weighted by molar-refractivity contribution is -0.143. The third kappa shape index (κ3) is 4.59. The molecule has 3 amide bonds. The first kappa shape index (κ1) is 21.7. The van der Waals surface area contributed by atoms with Crippen LogP contribution in [0.3, 0.4) is 0 Å². The highest BCUT2D eigenvalue weighted by Gasteiger charge is 2.48. The summed E-state index contributed by atoms with van der Waals surface area (Å²) in [6.07, 6.45) is 3.40. The Morgan fingerprint density at radius 1 is 1.10 bits per heavy atom. The van der Waals surface area contributed by atoms with Gasteiger partial charge in [-0.3, -0.25) is 19.3 Å². The minimum atomic E-state index is -0.416. The van der Waals surface area contributed by atoms with Gasteiger partial charge in [0.25, 0.3) is 0 Å². The Balaban J connectivity index is 1.33. The Morgan fingerprint density at radius 3 is 2.29 bits per heavy atom. The second kappa shape index (κ2) is 8.94. The lowest BCUT2D eigenvalue weighted by atomic mass is 9.81. The summed E-state index contributed by atoms with van der Waals surface area (Å²) in [4.78, 5) is 40.4. The highest BCUT2D eigenvalue weighted by Crippen LogP contribution is 2.37. The number of amides is 3. The number of anilines is 1. The van der Waals surface area contributed by atoms with E-state index in [9.17, 15) is 18.8 Å². The standard InChI is InChI=1S/C23H30FN3O4/c1-14-11-26(12-15(2)31-14)20-8-7-16(9-19(20)24)10-25-21(28)13-27-22(29)17-5-3-4-6-18(17)23(27)30/h7-9,14-15,17-18H,3-6,10-13H2,1-2H3,(H,25,28). The van der Waals surface area contributed by atoms with Gasteiger partial charge in [-0.15, -0.1) is 0 Å². The Hall–Kier alpha value is -2.48. The first-order valence-electron chi connectivity index (χ1n) is 11.1. The van der Waals surface area contributed by atoms with Crippen molar-refractivity contribution in [3.63, 3.8) is 0 Å². The summed E-state index contributed by atoms with van der Waals surface area (Å²) in [6, 6.07) is 4.92. The molecule has 3 fully saturated rings. The molecule has 4 unspecified atom stereocenters. The summed E-state index contributed by atoms with van der Waals surface area (Å²) in [6.45, 7) is 5.04. The SMILES string of the molecule is CC1CN(c2ccc(CNC(=O)CN3C(=O)C4CCCCC4C3=O)cc2F)CC(C)O1. The van der Waals surface area contributed by atoms with Gasteiger partial charge in [0, 0.05) is 19.6 Å². The number of likely N-dealkylation sites (tertiary alicyclic amines) is 1. The maximum Gasteiger partial charge on any atom is 0.240 e. The van der Waals surface area contributed by atoms with E-state index in [-0.39, 0.29) is 54.8 Å². The van der Waals surface area contributed by atoms with E-state index in [2.05, 4.69) is 5.32 Å². The molecule has 7 nitrogen and oxygen atoms in total. The fraction of sp³-hybridized carbons (Fsp3) is 0.609. The number of fused-ring (bicyclic) bond motifs is 1. The molecule has 2 saturated heterocycles. The number of benzene rings is 1. The number of halogens is 1. The third-order valence-corrected chi connectivity index (χ3v) is 6.50. The Labute approximate surface area is 181 Å². The molecule has 1 N–H and O–H groups in total. The van der Waals surface area contributed by atoms with Gasteiger partial charge in [-0.05, 0) is 44.4 Å². The number of morpholine rings is 1. The monoisotopic (exact) mass is 431 g/mol. The van der Waals surface area contributed by atoms with Crippen molar-refractivity contribution in [3.05, 3.63) is 29.6 Å². The summed E-state index contributed by atoms with van der Waals surface area (Å²) in [5, 5.41) is 2.70. The topological polar surface area (TPSA) is 79.0 Å². The van der Waals surface area contributed by atoms with E-state index in [1.165, 1.54) is 6.07 Å². The van der Waals surface area contributed by atoms with Crippen LogP contribution in [0.1, 0.15) is 45.1 Å². The molecule has 8 heteroatoms. The van der Waals surface area contributed by atoms with Crippen molar-refractivity contribution in [2.75, 3.05) is 24.5 Å². The fourth-order valence-electron chi connectivity index (χ4n) is 5.08. The van der Waals surface area contributed by atoms with Crippen LogP contribution < -0.4 is 10.2 Å². The molecule has 31 heavy (non-hydrogen) atoms. The van der Waals surface area contributed by atoms with Gasteiger partial charge in [-0.1, -0.05) is 18.9 Å². The van der Waals surface area contributed by atoms with Gasteiger partial charge in [0.05, 0.1) is 29.7 Å². The summed E-state index contributed by atoms with van der Waals surface area (Å²) in [5.41, 5.74) is 1.14. The zero-order chi connectivity index (χ0) is 22.1. The molecular weight excluding hydrogens is 401 g/mol. The molecule has 1 aliphatic carbocycles. The number of carbonyl (C=O) groups is 3. The maximum atomic E-state index is 14.7. The highest BCUT2D eigenvalue weighted by molar-refractivity contribution is 6.07. The first-order valence-corrected chi connectivity index (χ1v) is 11.1. The van der Waals surface area contributed by atoms with Crippen molar-refractivity contribution < 1.29 is 23.5 Å². The van der Waals surface area contributed by atoms with Gasteiger partial charge in [0.1, 0.15) is 12.4 Å². The average molecular weight is 432 g/mol. The maximum absolute atomic E-state index is 14.7. The molecule has 1 aromatic carbocycles. The molecule has 4 rings (SSSR count). The van der Waals surface area contributed by atoms with Crippen LogP contribution in [0.4, 0.5) is 10.1 Å². The molecule has 1 aromatic rings. The highest BCUT2D eigenvalue weighted by atomic mass is 19.1. The molecule has 2 heterocycles. The predicted molar refractivity (Wildman–Crippen MR) is 113 cm³/mol. The number of nitrogens with zero attached hydrogens (tertiary/aromatic N) is 2. The molecule has 0 aromatic heterocycles. The minimum Gasteiger partial charge on any atom is -0.372 e. The van der Waals surface area contributed by atoms with Gasteiger partial charge < -0.3 is 15.0 Å². The van der Waals surface area contributed by atoms with E-state index in [1.807, 2.05) is 18.7 Å². The van der Waals surface area contributed by atoms with Gasteiger partial charge in [0.2, 0.25) is 17.7 Å². The van der Waals surface area contributed by atoms with Crippen LogP contribution in [0, 0.1) is 17.7 Å². The third-order valence-electron chi connectivity index (χ3n) is 6.50. The van der Waals surface area contributed by atoms with E-state index in [0.29, 0.717) is 24.3 Å². The van der Waals surface area contributed by atoms with Crippen LogP contribution >= 0.6 is 0 Å². The molecule has 2 aliphatic heterocycles. The van der Waals surface area contributed by atoms with Crippen molar-refractivity contribution in [3.8, 4) is 0 Å². The summed E-state index contributed by atoms with van der Waals surface area (Å²) >= 11 is 0. The van der Waals surface area contributed by atoms with Crippen molar-refractivity contribution in [1.82, 2.24) is 10.2 Å². The second-order valence-corrected chi connectivity index (χ2v) is 8.98. The zero-order valence-electron chi connectivity index (χ0n) is 18.1. The summed E-state index contributed by atoms with van der Waals surface area (Å²) in [7, 11) is 0. The van der Waals surface area contributed by atoms with Crippen LogP contribution in [0.5, 0.6) is 0 Å². The number of hydrogen-bond donors (Lipinski definition) is 1. The van der Waals surface area contributed by atoms with Gasteiger partial charge in [0.15, 0.2) is 0 Å². The quantitative estimate of drug-likeness (QED) is 0.724. The molecule has 1 saturated carbocycles. The number of nitrogens with one attached hydrogen (secondary N) is 1. The minimum absolute atomic E-state index is 0.0296. The number of ether oxygens (including phenoxy) is 1. The van der Waals surface area contributed by atoms with Crippen molar-refractivity contribution in [2.24, 2.45) is 11.8 Å². The molecular formula is C23H30FN3O4. The summed E-state index contributed by atoms with van der Waals surface area (Å²) in [5.74, 6) is -1.74.